The lowest BCUT2D eigenvalue weighted by Gasteiger charge is -2.20. The van der Waals surface area contributed by atoms with E-state index in [0.717, 1.165) is 22.2 Å². The Morgan fingerprint density at radius 1 is 0.833 bits per heavy atom. The van der Waals surface area contributed by atoms with E-state index in [4.69, 9.17) is 0 Å². The molecule has 152 valence electrons. The van der Waals surface area contributed by atoms with E-state index in [2.05, 4.69) is 17.4 Å². The molecular formula is C25H25N3O2. The average Bonchev–Trinajstić information content (AvgIpc) is 3.05. The molecule has 1 N–H and O–H groups in total. The Labute approximate surface area is 175 Å². The van der Waals surface area contributed by atoms with Gasteiger partial charge in [0.15, 0.2) is 0 Å². The fourth-order valence-electron chi connectivity index (χ4n) is 3.90. The first-order chi connectivity index (χ1) is 14.7. The zero-order valence-electron chi connectivity index (χ0n) is 17.0. The lowest BCUT2D eigenvalue weighted by Crippen LogP contribution is -2.36. The molecule has 1 amide bonds. The third-order valence-corrected chi connectivity index (χ3v) is 5.36. The summed E-state index contributed by atoms with van der Waals surface area (Å²) in [6.07, 6.45) is 0.683. The number of amides is 1. The van der Waals surface area contributed by atoms with Crippen LogP contribution in [0.4, 0.5) is 0 Å². The molecule has 0 radical (unpaired) electrons. The van der Waals surface area contributed by atoms with Crippen LogP contribution in [0.5, 0.6) is 0 Å². The Bertz CT molecular complexity index is 1190. The van der Waals surface area contributed by atoms with E-state index in [0.29, 0.717) is 13.0 Å². The van der Waals surface area contributed by atoms with Gasteiger partial charge in [0.2, 0.25) is 5.91 Å². The van der Waals surface area contributed by atoms with Crippen molar-refractivity contribution in [3.63, 3.8) is 0 Å². The number of hydrogen-bond donors (Lipinski definition) is 1. The third kappa shape index (κ3) is 4.06. The number of aryl methyl sites for hydroxylation is 1. The average molecular weight is 399 g/mol. The number of para-hydroxylation sites is 2. The molecule has 0 bridgehead atoms. The van der Waals surface area contributed by atoms with E-state index < -0.39 is 0 Å². The molecule has 30 heavy (non-hydrogen) atoms. The van der Waals surface area contributed by atoms with Crippen molar-refractivity contribution in [3.8, 4) is 0 Å². The van der Waals surface area contributed by atoms with E-state index in [1.54, 1.807) is 9.13 Å². The van der Waals surface area contributed by atoms with E-state index in [1.807, 2.05) is 79.7 Å². The van der Waals surface area contributed by atoms with Crippen molar-refractivity contribution >= 4 is 16.9 Å². The Morgan fingerprint density at radius 2 is 1.40 bits per heavy atom. The van der Waals surface area contributed by atoms with Crippen molar-refractivity contribution in [1.29, 1.82) is 0 Å². The summed E-state index contributed by atoms with van der Waals surface area (Å²) in [7, 11) is 0. The zero-order chi connectivity index (χ0) is 20.9. The number of rotatable bonds is 7. The second-order valence-corrected chi connectivity index (χ2v) is 7.32. The molecule has 1 aromatic heterocycles. The first-order valence-corrected chi connectivity index (χ1v) is 10.2. The topological polar surface area (TPSA) is 56.0 Å². The highest BCUT2D eigenvalue weighted by Gasteiger charge is 2.18. The molecule has 0 aliphatic heterocycles. The SMILES string of the molecule is CCn1c(=O)n(CC(=O)NC(Cc2ccccc2)c2ccccc2)c2ccccc21. The van der Waals surface area contributed by atoms with Crippen LogP contribution in [-0.4, -0.2) is 15.0 Å². The van der Waals surface area contributed by atoms with Crippen LogP contribution in [0.15, 0.2) is 89.7 Å². The highest BCUT2D eigenvalue weighted by Crippen LogP contribution is 2.19. The predicted octanol–water partition coefficient (Wildman–Crippen LogP) is 3.92. The van der Waals surface area contributed by atoms with Gasteiger partial charge in [-0.05, 0) is 36.6 Å². The van der Waals surface area contributed by atoms with Crippen molar-refractivity contribution in [1.82, 2.24) is 14.5 Å². The Morgan fingerprint density at radius 3 is 2.03 bits per heavy atom. The summed E-state index contributed by atoms with van der Waals surface area (Å²) in [6, 6.07) is 27.5. The van der Waals surface area contributed by atoms with Crippen molar-refractivity contribution in [2.45, 2.75) is 32.5 Å². The molecule has 1 unspecified atom stereocenters. The summed E-state index contributed by atoms with van der Waals surface area (Å²) in [5, 5.41) is 3.14. The van der Waals surface area contributed by atoms with Gasteiger partial charge in [-0.2, -0.15) is 0 Å². The lowest BCUT2D eigenvalue weighted by molar-refractivity contribution is -0.122. The quantitative estimate of drug-likeness (QED) is 0.512. The molecule has 3 aromatic carbocycles. The first-order valence-electron chi connectivity index (χ1n) is 10.2. The summed E-state index contributed by atoms with van der Waals surface area (Å²) in [6.45, 7) is 2.49. The third-order valence-electron chi connectivity index (χ3n) is 5.36. The van der Waals surface area contributed by atoms with Gasteiger partial charge >= 0.3 is 5.69 Å². The number of aromatic nitrogens is 2. The number of benzene rings is 3. The van der Waals surface area contributed by atoms with E-state index in [9.17, 15) is 9.59 Å². The van der Waals surface area contributed by atoms with Crippen LogP contribution >= 0.6 is 0 Å². The van der Waals surface area contributed by atoms with Gasteiger partial charge in [0.25, 0.3) is 0 Å². The second-order valence-electron chi connectivity index (χ2n) is 7.32. The molecule has 0 aliphatic carbocycles. The minimum Gasteiger partial charge on any atom is -0.347 e. The standard InChI is InChI=1S/C25H25N3O2/c1-2-27-22-15-9-10-16-23(22)28(25(27)30)18-24(29)26-21(20-13-7-4-8-14-20)17-19-11-5-3-6-12-19/h3-16,21H,2,17-18H2,1H3,(H,26,29). The largest absolute Gasteiger partial charge is 0.347 e. The van der Waals surface area contributed by atoms with Crippen molar-refractivity contribution in [2.75, 3.05) is 0 Å². The van der Waals surface area contributed by atoms with E-state index in [-0.39, 0.29) is 24.2 Å². The number of carbonyl (C=O) groups excluding carboxylic acids is 1. The normalized spacial score (nSPS) is 12.0. The van der Waals surface area contributed by atoms with Gasteiger partial charge in [-0.25, -0.2) is 4.79 Å². The first kappa shape index (κ1) is 19.7. The lowest BCUT2D eigenvalue weighted by atomic mass is 9.99. The van der Waals surface area contributed by atoms with Crippen molar-refractivity contribution in [3.05, 3.63) is 107 Å². The highest BCUT2D eigenvalue weighted by molar-refractivity contribution is 5.81. The molecule has 5 heteroatoms. The Kier molecular flexibility index (Phi) is 5.80. The minimum absolute atomic E-state index is 0.00945. The van der Waals surface area contributed by atoms with Crippen LogP contribution in [0.1, 0.15) is 24.1 Å². The summed E-state index contributed by atoms with van der Waals surface area (Å²) in [5.74, 6) is -0.180. The number of fused-ring (bicyclic) bond motifs is 1. The summed E-state index contributed by atoms with van der Waals surface area (Å²) < 4.78 is 3.25. The fraction of sp³-hybridized carbons (Fsp3) is 0.200. The number of nitrogens with one attached hydrogen (secondary N) is 1. The number of nitrogens with zero attached hydrogens (tertiary/aromatic N) is 2. The number of imidazole rings is 1. The van der Waals surface area contributed by atoms with Crippen LogP contribution in [0.2, 0.25) is 0 Å². The molecule has 0 saturated carbocycles. The van der Waals surface area contributed by atoms with E-state index in [1.165, 1.54) is 0 Å². The van der Waals surface area contributed by atoms with Crippen LogP contribution in [-0.2, 0) is 24.3 Å². The smallest absolute Gasteiger partial charge is 0.329 e. The molecular weight excluding hydrogens is 374 g/mol. The van der Waals surface area contributed by atoms with Gasteiger partial charge in [0.05, 0.1) is 17.1 Å². The summed E-state index contributed by atoms with van der Waals surface area (Å²) in [5.41, 5.74) is 3.65. The van der Waals surface area contributed by atoms with Gasteiger partial charge in [0, 0.05) is 6.54 Å². The number of carbonyl (C=O) groups is 1. The molecule has 4 rings (SSSR count). The van der Waals surface area contributed by atoms with Gasteiger partial charge in [-0.15, -0.1) is 0 Å². The van der Waals surface area contributed by atoms with Gasteiger partial charge < -0.3 is 5.32 Å². The maximum absolute atomic E-state index is 13.0. The molecule has 0 aliphatic rings. The Balaban J connectivity index is 1.60. The predicted molar refractivity (Wildman–Crippen MR) is 119 cm³/mol. The summed E-state index contributed by atoms with van der Waals surface area (Å²) in [4.78, 5) is 25.8. The molecule has 5 nitrogen and oxygen atoms in total. The van der Waals surface area contributed by atoms with Gasteiger partial charge in [-0.1, -0.05) is 72.8 Å². The Hall–Kier alpha value is -3.60. The molecule has 1 heterocycles. The van der Waals surface area contributed by atoms with Crippen molar-refractivity contribution < 1.29 is 4.79 Å². The molecule has 1 atom stereocenters. The second kappa shape index (κ2) is 8.82. The maximum Gasteiger partial charge on any atom is 0.329 e. The van der Waals surface area contributed by atoms with Crippen molar-refractivity contribution in [2.24, 2.45) is 0 Å². The zero-order valence-corrected chi connectivity index (χ0v) is 17.0. The van der Waals surface area contributed by atoms with Crippen LogP contribution in [0.25, 0.3) is 11.0 Å². The van der Waals surface area contributed by atoms with Crippen LogP contribution in [0.3, 0.4) is 0 Å². The molecule has 0 spiro atoms. The summed E-state index contributed by atoms with van der Waals surface area (Å²) >= 11 is 0. The van der Waals surface area contributed by atoms with Crippen LogP contribution in [0, 0.1) is 0 Å². The monoisotopic (exact) mass is 399 g/mol. The molecule has 0 saturated heterocycles. The molecule has 0 fully saturated rings. The highest BCUT2D eigenvalue weighted by atomic mass is 16.2. The maximum atomic E-state index is 13.0. The fourth-order valence-corrected chi connectivity index (χ4v) is 3.90. The number of hydrogen-bond acceptors (Lipinski definition) is 2. The minimum atomic E-state index is -0.180. The van der Waals surface area contributed by atoms with Gasteiger partial charge in [-0.3, -0.25) is 13.9 Å². The van der Waals surface area contributed by atoms with Crippen LogP contribution < -0.4 is 11.0 Å². The van der Waals surface area contributed by atoms with Gasteiger partial charge in [0.1, 0.15) is 6.54 Å². The van der Waals surface area contributed by atoms with E-state index >= 15 is 0 Å². The molecule has 4 aromatic rings.